The van der Waals surface area contributed by atoms with Gasteiger partial charge in [-0.25, -0.2) is 0 Å². The van der Waals surface area contributed by atoms with E-state index in [1.54, 1.807) is 37.3 Å². The van der Waals surface area contributed by atoms with Crippen molar-refractivity contribution in [1.82, 2.24) is 9.80 Å². The zero-order valence-electron chi connectivity index (χ0n) is 20.8. The second kappa shape index (κ2) is 11.7. The molecule has 3 rings (SSSR count). The van der Waals surface area contributed by atoms with E-state index in [0.717, 1.165) is 12.8 Å². The molecule has 1 aliphatic carbocycles. The van der Waals surface area contributed by atoms with Gasteiger partial charge in [0.15, 0.2) is 0 Å². The van der Waals surface area contributed by atoms with Crippen molar-refractivity contribution in [1.29, 1.82) is 0 Å². The topological polar surface area (TPSA) is 97.4 Å². The average Bonchev–Trinajstić information content (AvgIpc) is 3.62. The normalized spacial score (nSPS) is 23.9. The van der Waals surface area contributed by atoms with Gasteiger partial charge in [-0.05, 0) is 37.8 Å². The molecule has 1 aromatic carbocycles. The van der Waals surface area contributed by atoms with Crippen molar-refractivity contribution in [3.05, 3.63) is 23.8 Å². The minimum Gasteiger partial charge on any atom is -0.491 e. The lowest BCUT2D eigenvalue weighted by molar-refractivity contribution is -0.135. The molecule has 1 saturated carbocycles. The molecule has 0 radical (unpaired) electrons. The number of likely N-dealkylation sites (N-methyl/N-ethyl adjacent to an activating group) is 1. The van der Waals surface area contributed by atoms with Gasteiger partial charge in [0.1, 0.15) is 19.0 Å². The van der Waals surface area contributed by atoms with E-state index >= 15 is 0 Å². The standard InChI is InChI=1S/C25H37N3O6/c1-16-12-28(24(30)10-18-6-7-18)17(2)14-34-21-11-19(26-23(29)15-32-4)8-9-20(21)25(31)27(3)13-22(16)33-5/h8-9,11,16-18,22H,6-7,10,12-15H2,1-5H3,(H,26,29)/t16-,17-,22-/m0/s1. The van der Waals surface area contributed by atoms with Crippen LogP contribution in [0.5, 0.6) is 5.75 Å². The van der Waals surface area contributed by atoms with Crippen molar-refractivity contribution in [2.24, 2.45) is 11.8 Å². The van der Waals surface area contributed by atoms with Crippen LogP contribution in [0.1, 0.15) is 43.5 Å². The number of nitrogens with zero attached hydrogens (tertiary/aromatic N) is 2. The summed E-state index contributed by atoms with van der Waals surface area (Å²) in [5, 5.41) is 2.74. The third kappa shape index (κ3) is 6.70. The third-order valence-electron chi connectivity index (χ3n) is 6.49. The highest BCUT2D eigenvalue weighted by Gasteiger charge is 2.33. The van der Waals surface area contributed by atoms with E-state index in [0.29, 0.717) is 42.4 Å². The van der Waals surface area contributed by atoms with Crippen LogP contribution in [-0.4, -0.2) is 87.2 Å². The number of anilines is 1. The van der Waals surface area contributed by atoms with Crippen LogP contribution in [0.15, 0.2) is 18.2 Å². The molecule has 1 aliphatic heterocycles. The molecule has 1 heterocycles. The Bertz CT molecular complexity index is 887. The van der Waals surface area contributed by atoms with E-state index in [4.69, 9.17) is 14.2 Å². The van der Waals surface area contributed by atoms with E-state index in [1.807, 2.05) is 18.7 Å². The summed E-state index contributed by atoms with van der Waals surface area (Å²) < 4.78 is 16.7. The highest BCUT2D eigenvalue weighted by Crippen LogP contribution is 2.33. The van der Waals surface area contributed by atoms with Crippen LogP contribution in [-0.2, 0) is 19.1 Å². The number of methoxy groups -OCH3 is 2. The third-order valence-corrected chi connectivity index (χ3v) is 6.49. The molecule has 0 aromatic heterocycles. The second-order valence-electron chi connectivity index (χ2n) is 9.48. The van der Waals surface area contributed by atoms with Crippen molar-refractivity contribution in [3.63, 3.8) is 0 Å². The van der Waals surface area contributed by atoms with Gasteiger partial charge in [-0.1, -0.05) is 6.92 Å². The van der Waals surface area contributed by atoms with Gasteiger partial charge in [-0.3, -0.25) is 14.4 Å². The van der Waals surface area contributed by atoms with Crippen LogP contribution in [0.2, 0.25) is 0 Å². The Morgan fingerprint density at radius 3 is 2.56 bits per heavy atom. The van der Waals surface area contributed by atoms with Crippen molar-refractivity contribution in [2.45, 2.75) is 45.3 Å². The van der Waals surface area contributed by atoms with Gasteiger partial charge < -0.3 is 29.3 Å². The minimum absolute atomic E-state index is 0.0307. The molecule has 1 N–H and O–H groups in total. The zero-order valence-corrected chi connectivity index (χ0v) is 20.8. The predicted molar refractivity (Wildman–Crippen MR) is 128 cm³/mol. The van der Waals surface area contributed by atoms with E-state index < -0.39 is 0 Å². The molecular formula is C25H37N3O6. The molecule has 0 saturated heterocycles. The fourth-order valence-corrected chi connectivity index (χ4v) is 4.21. The SMILES string of the molecule is COCC(=O)Nc1ccc2c(c1)OC[C@H](C)N(C(=O)CC1CC1)C[C@H](C)[C@@H](OC)CN(C)C2=O. The molecule has 188 valence electrons. The highest BCUT2D eigenvalue weighted by molar-refractivity contribution is 5.98. The molecule has 2 aliphatic rings. The Kier molecular flexibility index (Phi) is 8.90. The maximum atomic E-state index is 13.3. The summed E-state index contributed by atoms with van der Waals surface area (Å²) in [6.45, 7) is 5.05. The van der Waals surface area contributed by atoms with Gasteiger partial charge >= 0.3 is 0 Å². The second-order valence-corrected chi connectivity index (χ2v) is 9.48. The largest absolute Gasteiger partial charge is 0.491 e. The number of benzene rings is 1. The quantitative estimate of drug-likeness (QED) is 0.679. The van der Waals surface area contributed by atoms with Crippen molar-refractivity contribution in [2.75, 3.05) is 52.9 Å². The molecule has 1 fully saturated rings. The lowest BCUT2D eigenvalue weighted by atomic mass is 10.0. The number of hydrogen-bond donors (Lipinski definition) is 1. The van der Waals surface area contributed by atoms with Crippen LogP contribution in [0.3, 0.4) is 0 Å². The van der Waals surface area contributed by atoms with E-state index in [9.17, 15) is 14.4 Å². The summed E-state index contributed by atoms with van der Waals surface area (Å²) in [6, 6.07) is 4.75. The van der Waals surface area contributed by atoms with E-state index in [2.05, 4.69) is 5.32 Å². The number of carbonyl (C=O) groups excluding carboxylic acids is 3. The van der Waals surface area contributed by atoms with Gasteiger partial charge in [-0.15, -0.1) is 0 Å². The Balaban J connectivity index is 1.91. The number of fused-ring (bicyclic) bond motifs is 1. The van der Waals surface area contributed by atoms with Gasteiger partial charge in [-0.2, -0.15) is 0 Å². The molecule has 34 heavy (non-hydrogen) atoms. The Hall–Kier alpha value is -2.65. The van der Waals surface area contributed by atoms with Gasteiger partial charge in [0, 0.05) is 58.4 Å². The first-order valence-corrected chi connectivity index (χ1v) is 11.9. The van der Waals surface area contributed by atoms with Gasteiger partial charge in [0.25, 0.3) is 5.91 Å². The fraction of sp³-hybridized carbons (Fsp3) is 0.640. The summed E-state index contributed by atoms with van der Waals surface area (Å²) in [5.74, 6) is 0.496. The Morgan fingerprint density at radius 2 is 1.91 bits per heavy atom. The van der Waals surface area contributed by atoms with Crippen molar-refractivity contribution in [3.8, 4) is 5.75 Å². The number of hydrogen-bond acceptors (Lipinski definition) is 6. The van der Waals surface area contributed by atoms with Crippen LogP contribution < -0.4 is 10.1 Å². The highest BCUT2D eigenvalue weighted by atomic mass is 16.5. The molecular weight excluding hydrogens is 438 g/mol. The van der Waals surface area contributed by atoms with Gasteiger partial charge in [0.2, 0.25) is 11.8 Å². The molecule has 3 amide bonds. The number of carbonyl (C=O) groups is 3. The maximum absolute atomic E-state index is 13.3. The Labute approximate surface area is 201 Å². The molecule has 0 bridgehead atoms. The number of nitrogens with one attached hydrogen (secondary N) is 1. The van der Waals surface area contributed by atoms with Crippen LogP contribution >= 0.6 is 0 Å². The molecule has 1 aromatic rings. The monoisotopic (exact) mass is 475 g/mol. The maximum Gasteiger partial charge on any atom is 0.257 e. The molecule has 0 spiro atoms. The van der Waals surface area contributed by atoms with E-state index in [1.165, 1.54) is 7.11 Å². The number of amides is 3. The number of ether oxygens (including phenoxy) is 3. The fourth-order valence-electron chi connectivity index (χ4n) is 4.21. The molecule has 9 heteroatoms. The molecule has 3 atom stereocenters. The summed E-state index contributed by atoms with van der Waals surface area (Å²) in [5.41, 5.74) is 0.888. The first-order valence-electron chi connectivity index (χ1n) is 11.9. The smallest absolute Gasteiger partial charge is 0.257 e. The van der Waals surface area contributed by atoms with Crippen molar-refractivity contribution >= 4 is 23.4 Å². The van der Waals surface area contributed by atoms with Crippen LogP contribution in [0.4, 0.5) is 5.69 Å². The first-order chi connectivity index (χ1) is 16.2. The summed E-state index contributed by atoms with van der Waals surface area (Å²) >= 11 is 0. The van der Waals surface area contributed by atoms with Crippen LogP contribution in [0.25, 0.3) is 0 Å². The molecule has 0 unspecified atom stereocenters. The zero-order chi connectivity index (χ0) is 24.8. The minimum atomic E-state index is -0.304. The first kappa shape index (κ1) is 26.0. The average molecular weight is 476 g/mol. The van der Waals surface area contributed by atoms with Gasteiger partial charge in [0.05, 0.1) is 17.7 Å². The lowest BCUT2D eigenvalue weighted by Gasteiger charge is -2.36. The van der Waals surface area contributed by atoms with E-state index in [-0.39, 0.29) is 49.0 Å². The van der Waals surface area contributed by atoms with Crippen LogP contribution in [0, 0.1) is 11.8 Å². The van der Waals surface area contributed by atoms with Crippen molar-refractivity contribution < 1.29 is 28.6 Å². The molecule has 9 nitrogen and oxygen atoms in total. The predicted octanol–water partition coefficient (Wildman–Crippen LogP) is 2.40. The summed E-state index contributed by atoms with van der Waals surface area (Å²) in [7, 11) is 4.81. The summed E-state index contributed by atoms with van der Waals surface area (Å²) in [4.78, 5) is 41.8. The Morgan fingerprint density at radius 1 is 1.18 bits per heavy atom. The lowest BCUT2D eigenvalue weighted by Crippen LogP contribution is -2.48. The number of rotatable bonds is 6. The summed E-state index contributed by atoms with van der Waals surface area (Å²) in [6.07, 6.45) is 2.55.